The number of hydrogen-bond acceptors (Lipinski definition) is 1. The number of aliphatic hydroxyl groups is 1. The molecule has 1 atom stereocenters. The van der Waals surface area contributed by atoms with Gasteiger partial charge in [-0.15, -0.1) is 0 Å². The van der Waals surface area contributed by atoms with E-state index in [1.807, 2.05) is 36.4 Å². The zero-order valence-electron chi connectivity index (χ0n) is 9.41. The van der Waals surface area contributed by atoms with Crippen LogP contribution in [-0.2, 0) is 6.42 Å². The standard InChI is InChI=1S/C14H11Br2ClO/c15-10-3-1-2-9(6-10)7-14(18)12-8-11(16)4-5-13(12)17/h1-6,8,14,18H,7H2. The number of rotatable bonds is 3. The van der Waals surface area contributed by atoms with E-state index in [0.717, 1.165) is 20.1 Å². The number of hydrogen-bond donors (Lipinski definition) is 1. The summed E-state index contributed by atoms with van der Waals surface area (Å²) in [6.45, 7) is 0. The van der Waals surface area contributed by atoms with Gasteiger partial charge >= 0.3 is 0 Å². The molecule has 2 aromatic rings. The van der Waals surface area contributed by atoms with Gasteiger partial charge < -0.3 is 5.11 Å². The summed E-state index contributed by atoms with van der Waals surface area (Å²) in [6, 6.07) is 13.4. The summed E-state index contributed by atoms with van der Waals surface area (Å²) in [7, 11) is 0. The second-order valence-electron chi connectivity index (χ2n) is 4.02. The maximum atomic E-state index is 10.2. The fraction of sp³-hybridized carbons (Fsp3) is 0.143. The van der Waals surface area contributed by atoms with Gasteiger partial charge in [-0.2, -0.15) is 0 Å². The summed E-state index contributed by atoms with van der Waals surface area (Å²) < 4.78 is 1.92. The average Bonchev–Trinajstić information content (AvgIpc) is 2.32. The largest absolute Gasteiger partial charge is 0.388 e. The minimum absolute atomic E-state index is 0.537. The first-order chi connectivity index (χ1) is 8.56. The highest BCUT2D eigenvalue weighted by molar-refractivity contribution is 9.10. The van der Waals surface area contributed by atoms with Gasteiger partial charge in [-0.05, 0) is 35.9 Å². The van der Waals surface area contributed by atoms with Crippen LogP contribution in [0.5, 0.6) is 0 Å². The molecule has 18 heavy (non-hydrogen) atoms. The van der Waals surface area contributed by atoms with Crippen LogP contribution in [-0.4, -0.2) is 5.11 Å². The van der Waals surface area contributed by atoms with E-state index in [0.29, 0.717) is 11.4 Å². The summed E-state index contributed by atoms with van der Waals surface area (Å²) >= 11 is 12.9. The Morgan fingerprint density at radius 1 is 1.06 bits per heavy atom. The quantitative estimate of drug-likeness (QED) is 0.769. The first kappa shape index (κ1) is 14.1. The number of halogens is 3. The third-order valence-electron chi connectivity index (χ3n) is 2.64. The molecule has 0 saturated carbocycles. The van der Waals surface area contributed by atoms with Gasteiger partial charge in [-0.1, -0.05) is 55.6 Å². The van der Waals surface area contributed by atoms with E-state index in [4.69, 9.17) is 11.6 Å². The Kier molecular flexibility index (Phi) is 4.84. The highest BCUT2D eigenvalue weighted by atomic mass is 79.9. The van der Waals surface area contributed by atoms with E-state index < -0.39 is 6.10 Å². The van der Waals surface area contributed by atoms with Crippen molar-refractivity contribution in [2.75, 3.05) is 0 Å². The van der Waals surface area contributed by atoms with Crippen LogP contribution in [0.4, 0.5) is 0 Å². The lowest BCUT2D eigenvalue weighted by atomic mass is 10.0. The lowest BCUT2D eigenvalue weighted by Crippen LogP contribution is -2.02. The van der Waals surface area contributed by atoms with Crippen molar-refractivity contribution in [2.45, 2.75) is 12.5 Å². The normalized spacial score (nSPS) is 12.4. The van der Waals surface area contributed by atoms with Gasteiger partial charge in [-0.25, -0.2) is 0 Å². The van der Waals surface area contributed by atoms with Crippen molar-refractivity contribution in [1.29, 1.82) is 0 Å². The van der Waals surface area contributed by atoms with E-state index in [1.54, 1.807) is 6.07 Å². The van der Waals surface area contributed by atoms with Gasteiger partial charge in [0.2, 0.25) is 0 Å². The first-order valence-electron chi connectivity index (χ1n) is 5.44. The molecule has 1 N–H and O–H groups in total. The number of aliphatic hydroxyl groups excluding tert-OH is 1. The molecule has 0 bridgehead atoms. The smallest absolute Gasteiger partial charge is 0.0845 e. The lowest BCUT2D eigenvalue weighted by molar-refractivity contribution is 0.178. The highest BCUT2D eigenvalue weighted by Crippen LogP contribution is 2.29. The molecule has 4 heteroatoms. The van der Waals surface area contributed by atoms with Crippen molar-refractivity contribution in [1.82, 2.24) is 0 Å². The topological polar surface area (TPSA) is 20.2 Å². The van der Waals surface area contributed by atoms with Crippen molar-refractivity contribution in [2.24, 2.45) is 0 Å². The lowest BCUT2D eigenvalue weighted by Gasteiger charge is -2.13. The molecule has 2 aromatic carbocycles. The molecular weight excluding hydrogens is 379 g/mol. The molecule has 0 radical (unpaired) electrons. The molecule has 0 fully saturated rings. The van der Waals surface area contributed by atoms with Gasteiger partial charge in [0.25, 0.3) is 0 Å². The summed E-state index contributed by atoms with van der Waals surface area (Å²) in [5.74, 6) is 0. The average molecular weight is 391 g/mol. The fourth-order valence-electron chi connectivity index (χ4n) is 1.77. The summed E-state index contributed by atoms with van der Waals surface area (Å²) in [6.07, 6.45) is -0.0698. The molecule has 0 aliphatic rings. The SMILES string of the molecule is OC(Cc1cccc(Br)c1)c1cc(Br)ccc1Cl. The molecule has 0 spiro atoms. The first-order valence-corrected chi connectivity index (χ1v) is 7.40. The predicted octanol–water partition coefficient (Wildman–Crippen LogP) is 5.14. The highest BCUT2D eigenvalue weighted by Gasteiger charge is 2.13. The van der Waals surface area contributed by atoms with Crippen molar-refractivity contribution in [3.8, 4) is 0 Å². The fourth-order valence-corrected chi connectivity index (χ4v) is 2.84. The van der Waals surface area contributed by atoms with Crippen molar-refractivity contribution < 1.29 is 5.11 Å². The van der Waals surface area contributed by atoms with Crippen LogP contribution < -0.4 is 0 Å². The predicted molar refractivity (Wildman–Crippen MR) is 82.0 cm³/mol. The van der Waals surface area contributed by atoms with E-state index in [-0.39, 0.29) is 0 Å². The number of benzene rings is 2. The third kappa shape index (κ3) is 3.58. The minimum atomic E-state index is -0.607. The molecule has 0 amide bonds. The molecule has 0 aliphatic carbocycles. The monoisotopic (exact) mass is 388 g/mol. The van der Waals surface area contributed by atoms with Gasteiger partial charge in [0, 0.05) is 26.0 Å². The Labute approximate surface area is 128 Å². The van der Waals surface area contributed by atoms with E-state index in [1.165, 1.54) is 0 Å². The molecule has 2 rings (SSSR count). The van der Waals surface area contributed by atoms with Gasteiger partial charge in [-0.3, -0.25) is 0 Å². The van der Waals surface area contributed by atoms with Gasteiger partial charge in [0.1, 0.15) is 0 Å². The van der Waals surface area contributed by atoms with Crippen molar-refractivity contribution >= 4 is 43.5 Å². The van der Waals surface area contributed by atoms with E-state index in [9.17, 15) is 5.11 Å². The van der Waals surface area contributed by atoms with Crippen molar-refractivity contribution in [3.63, 3.8) is 0 Å². The van der Waals surface area contributed by atoms with Crippen LogP contribution in [0, 0.1) is 0 Å². The van der Waals surface area contributed by atoms with Gasteiger partial charge in [0.15, 0.2) is 0 Å². The third-order valence-corrected chi connectivity index (χ3v) is 3.97. The van der Waals surface area contributed by atoms with Crippen LogP contribution in [0.2, 0.25) is 5.02 Å². The van der Waals surface area contributed by atoms with Crippen LogP contribution in [0.15, 0.2) is 51.4 Å². The summed E-state index contributed by atoms with van der Waals surface area (Å²) in [5.41, 5.74) is 1.80. The van der Waals surface area contributed by atoms with Gasteiger partial charge in [0.05, 0.1) is 6.10 Å². The minimum Gasteiger partial charge on any atom is -0.388 e. The summed E-state index contributed by atoms with van der Waals surface area (Å²) in [4.78, 5) is 0. The van der Waals surface area contributed by atoms with Crippen LogP contribution in [0.1, 0.15) is 17.2 Å². The van der Waals surface area contributed by atoms with Crippen molar-refractivity contribution in [3.05, 3.63) is 67.6 Å². The van der Waals surface area contributed by atoms with Crippen LogP contribution >= 0.6 is 43.5 Å². The van der Waals surface area contributed by atoms with E-state index >= 15 is 0 Å². The molecule has 0 heterocycles. The Morgan fingerprint density at radius 2 is 1.78 bits per heavy atom. The molecule has 94 valence electrons. The molecule has 1 unspecified atom stereocenters. The zero-order valence-corrected chi connectivity index (χ0v) is 13.3. The van der Waals surface area contributed by atoms with E-state index in [2.05, 4.69) is 31.9 Å². The Balaban J connectivity index is 2.21. The maximum absolute atomic E-state index is 10.2. The molecule has 0 aliphatic heterocycles. The van der Waals surface area contributed by atoms with Crippen LogP contribution in [0.25, 0.3) is 0 Å². The molecule has 0 aromatic heterocycles. The Bertz CT molecular complexity index is 557. The molecule has 0 saturated heterocycles. The second kappa shape index (κ2) is 6.20. The van der Waals surface area contributed by atoms with Crippen LogP contribution in [0.3, 0.4) is 0 Å². The molecular formula is C14H11Br2ClO. The Hall–Kier alpha value is -0.350. The zero-order chi connectivity index (χ0) is 13.1. The molecule has 1 nitrogen and oxygen atoms in total. The maximum Gasteiger partial charge on any atom is 0.0845 e. The Morgan fingerprint density at radius 3 is 2.50 bits per heavy atom. The summed E-state index contributed by atoms with van der Waals surface area (Å²) in [5, 5.41) is 10.8. The second-order valence-corrected chi connectivity index (χ2v) is 6.25.